The molecule has 0 heterocycles. The predicted molar refractivity (Wildman–Crippen MR) is 86.7 cm³/mol. The van der Waals surface area contributed by atoms with E-state index in [0.717, 1.165) is 6.07 Å². The maximum Gasteiger partial charge on any atom is 0.339 e. The van der Waals surface area contributed by atoms with Gasteiger partial charge in [0.2, 0.25) is 11.6 Å². The fourth-order valence-electron chi connectivity index (χ4n) is 2.39. The van der Waals surface area contributed by atoms with E-state index in [0.29, 0.717) is 0 Å². The van der Waals surface area contributed by atoms with Gasteiger partial charge in [-0.25, -0.2) is 4.79 Å². The van der Waals surface area contributed by atoms with Crippen molar-refractivity contribution in [1.29, 1.82) is 0 Å². The van der Waals surface area contributed by atoms with Gasteiger partial charge in [0, 0.05) is 16.8 Å². The zero-order valence-electron chi connectivity index (χ0n) is 12.0. The van der Waals surface area contributed by atoms with Crippen LogP contribution in [0.5, 0.6) is 5.75 Å². The average molecular weight is 344 g/mol. The number of hydrogen-bond donors (Lipinski definition) is 3. The monoisotopic (exact) mass is 343 g/mol. The highest BCUT2D eigenvalue weighted by molar-refractivity contribution is 6.50. The number of carboxylic acid groups (broad SMARTS) is 1. The second-order valence-electron chi connectivity index (χ2n) is 5.05. The number of hydrogen-bond acceptors (Lipinski definition) is 5. The van der Waals surface area contributed by atoms with Crippen LogP contribution in [-0.2, 0) is 0 Å². The summed E-state index contributed by atoms with van der Waals surface area (Å²) in [5, 5.41) is 20.9. The largest absolute Gasteiger partial charge is 0.507 e. The number of aromatic carboxylic acids is 1. The minimum Gasteiger partial charge on any atom is -0.507 e. The molecule has 1 aliphatic rings. The van der Waals surface area contributed by atoms with E-state index in [9.17, 15) is 19.5 Å². The van der Waals surface area contributed by atoms with Gasteiger partial charge < -0.3 is 15.5 Å². The van der Waals surface area contributed by atoms with Crippen LogP contribution in [0.15, 0.2) is 53.2 Å². The lowest BCUT2D eigenvalue weighted by Crippen LogP contribution is -2.24. The summed E-state index contributed by atoms with van der Waals surface area (Å²) in [7, 11) is 0. The van der Waals surface area contributed by atoms with Crippen molar-refractivity contribution in [3.8, 4) is 5.75 Å². The highest BCUT2D eigenvalue weighted by Gasteiger charge is 2.31. The summed E-state index contributed by atoms with van der Waals surface area (Å²) in [4.78, 5) is 35.9. The van der Waals surface area contributed by atoms with Crippen LogP contribution in [0.2, 0.25) is 0 Å². The van der Waals surface area contributed by atoms with Gasteiger partial charge in [0.15, 0.2) is 0 Å². The predicted octanol–water partition coefficient (Wildman–Crippen LogP) is 3.03. The number of ketones is 2. The van der Waals surface area contributed by atoms with Crippen molar-refractivity contribution in [2.75, 3.05) is 5.32 Å². The smallest absolute Gasteiger partial charge is 0.339 e. The second kappa shape index (κ2) is 5.82. The summed E-state index contributed by atoms with van der Waals surface area (Å²) in [6.07, 6.45) is 0. The first-order valence-corrected chi connectivity index (χ1v) is 7.19. The second-order valence-corrected chi connectivity index (χ2v) is 5.43. The lowest BCUT2D eigenvalue weighted by atomic mass is 9.92. The third-order valence-electron chi connectivity index (χ3n) is 3.56. The third-order valence-corrected chi connectivity index (χ3v) is 3.92. The summed E-state index contributed by atoms with van der Waals surface area (Å²) in [5.41, 5.74) is 0.162. The summed E-state index contributed by atoms with van der Waals surface area (Å²) < 4.78 is 0. The van der Waals surface area contributed by atoms with Crippen molar-refractivity contribution in [2.24, 2.45) is 0 Å². The van der Waals surface area contributed by atoms with Gasteiger partial charge in [-0.15, -0.1) is 0 Å². The van der Waals surface area contributed by atoms with Gasteiger partial charge in [0.05, 0.1) is 0 Å². The number of fused-ring (bicyclic) bond motifs is 1. The van der Waals surface area contributed by atoms with Crippen LogP contribution in [0.25, 0.3) is 0 Å². The average Bonchev–Trinajstić information content (AvgIpc) is 2.58. The maximum absolute atomic E-state index is 12.5. The zero-order valence-corrected chi connectivity index (χ0v) is 12.8. The van der Waals surface area contributed by atoms with E-state index in [1.807, 2.05) is 0 Å². The van der Waals surface area contributed by atoms with Gasteiger partial charge in [-0.1, -0.05) is 35.9 Å². The molecule has 0 fully saturated rings. The van der Waals surface area contributed by atoms with Gasteiger partial charge in [-0.05, 0) is 18.2 Å². The Balaban J connectivity index is 2.03. The molecule has 7 heteroatoms. The molecule has 6 nitrogen and oxygen atoms in total. The van der Waals surface area contributed by atoms with E-state index in [1.165, 1.54) is 24.3 Å². The van der Waals surface area contributed by atoms with Crippen LogP contribution < -0.4 is 5.32 Å². The summed E-state index contributed by atoms with van der Waals surface area (Å²) in [5.74, 6) is -2.70. The molecule has 0 unspecified atom stereocenters. The number of nitrogens with one attached hydrogen (secondary N) is 1. The Bertz CT molecular complexity index is 932. The first-order chi connectivity index (χ1) is 11.4. The number of anilines is 1. The molecule has 0 aliphatic heterocycles. The summed E-state index contributed by atoms with van der Waals surface area (Å²) in [6.45, 7) is 0. The fourth-order valence-corrected chi connectivity index (χ4v) is 2.62. The number of halogens is 1. The summed E-state index contributed by atoms with van der Waals surface area (Å²) >= 11 is 6.02. The van der Waals surface area contributed by atoms with E-state index in [2.05, 4.69) is 5.32 Å². The Morgan fingerprint density at radius 1 is 1.00 bits per heavy atom. The maximum atomic E-state index is 12.5. The molecule has 0 amide bonds. The molecule has 120 valence electrons. The number of carbonyl (C=O) groups is 3. The quantitative estimate of drug-likeness (QED) is 0.740. The van der Waals surface area contributed by atoms with Crippen LogP contribution in [-0.4, -0.2) is 27.7 Å². The first kappa shape index (κ1) is 15.8. The molecule has 3 rings (SSSR count). The molecule has 0 aromatic heterocycles. The number of phenols is 1. The molecule has 0 bridgehead atoms. The number of carbonyl (C=O) groups excluding carboxylic acids is 2. The molecule has 0 spiro atoms. The van der Waals surface area contributed by atoms with Crippen LogP contribution >= 0.6 is 11.6 Å². The van der Waals surface area contributed by atoms with Crippen molar-refractivity contribution in [2.45, 2.75) is 0 Å². The molecular formula is C17H10ClNO5. The van der Waals surface area contributed by atoms with Gasteiger partial charge in [0.1, 0.15) is 22.0 Å². The van der Waals surface area contributed by atoms with Gasteiger partial charge >= 0.3 is 5.97 Å². The Hall–Kier alpha value is -3.12. The Labute approximate surface area is 141 Å². The van der Waals surface area contributed by atoms with E-state index < -0.39 is 23.3 Å². The van der Waals surface area contributed by atoms with Crippen LogP contribution in [0.3, 0.4) is 0 Å². The molecule has 0 saturated carbocycles. The van der Waals surface area contributed by atoms with Crippen molar-refractivity contribution >= 4 is 34.8 Å². The van der Waals surface area contributed by atoms with E-state index in [4.69, 9.17) is 16.7 Å². The van der Waals surface area contributed by atoms with Crippen molar-refractivity contribution in [1.82, 2.24) is 0 Å². The highest BCUT2D eigenvalue weighted by Crippen LogP contribution is 2.30. The molecule has 1 aliphatic carbocycles. The van der Waals surface area contributed by atoms with Gasteiger partial charge in [-0.3, -0.25) is 9.59 Å². The Kier molecular flexibility index (Phi) is 3.83. The van der Waals surface area contributed by atoms with E-state index in [-0.39, 0.29) is 33.1 Å². The fraction of sp³-hybridized carbons (Fsp3) is 0. The molecule has 2 aromatic carbocycles. The molecule has 0 atom stereocenters. The topological polar surface area (TPSA) is 104 Å². The number of carboxylic acids is 1. The van der Waals surface area contributed by atoms with Gasteiger partial charge in [-0.2, -0.15) is 0 Å². The minimum atomic E-state index is -1.33. The highest BCUT2D eigenvalue weighted by atomic mass is 35.5. The van der Waals surface area contributed by atoms with Crippen LogP contribution in [0.1, 0.15) is 31.1 Å². The Morgan fingerprint density at radius 3 is 2.25 bits per heavy atom. The van der Waals surface area contributed by atoms with Gasteiger partial charge in [0.25, 0.3) is 0 Å². The van der Waals surface area contributed by atoms with E-state index in [1.54, 1.807) is 12.1 Å². The number of aromatic hydroxyl groups is 1. The molecule has 2 aromatic rings. The van der Waals surface area contributed by atoms with Crippen LogP contribution in [0.4, 0.5) is 5.69 Å². The van der Waals surface area contributed by atoms with Crippen molar-refractivity contribution < 1.29 is 24.6 Å². The van der Waals surface area contributed by atoms with E-state index >= 15 is 0 Å². The molecule has 3 N–H and O–H groups in total. The third kappa shape index (κ3) is 2.53. The molecular weight excluding hydrogens is 334 g/mol. The molecule has 0 saturated heterocycles. The lowest BCUT2D eigenvalue weighted by Gasteiger charge is -2.19. The standard InChI is InChI=1S/C17H10ClNO5/c18-13-14(16(22)10-4-2-1-3-9(10)15(13)21)19-8-5-6-12(20)11(7-8)17(23)24/h1-7,19-20H,(H,23,24). The first-order valence-electron chi connectivity index (χ1n) is 6.81. The normalized spacial score (nSPS) is 13.7. The van der Waals surface area contributed by atoms with Crippen LogP contribution in [0, 0.1) is 0 Å². The number of rotatable bonds is 3. The van der Waals surface area contributed by atoms with Crippen molar-refractivity contribution in [3.63, 3.8) is 0 Å². The minimum absolute atomic E-state index is 0.137. The Morgan fingerprint density at radius 2 is 1.62 bits per heavy atom. The molecule has 0 radical (unpaired) electrons. The number of benzene rings is 2. The number of allylic oxidation sites excluding steroid dienone is 2. The lowest BCUT2D eigenvalue weighted by molar-refractivity contribution is 0.0693. The SMILES string of the molecule is O=C(O)c1cc(NC2=C(Cl)C(=O)c3ccccc3C2=O)ccc1O. The zero-order chi connectivity index (χ0) is 17.4. The number of Topliss-reactive ketones (excluding diaryl/α,β-unsaturated/α-hetero) is 2. The molecule has 24 heavy (non-hydrogen) atoms. The van der Waals surface area contributed by atoms with Crippen molar-refractivity contribution in [3.05, 3.63) is 69.9 Å². The summed E-state index contributed by atoms with van der Waals surface area (Å²) in [6, 6.07) is 9.97.